The van der Waals surface area contributed by atoms with E-state index in [0.29, 0.717) is 18.2 Å². The molecule has 144 valence electrons. The quantitative estimate of drug-likeness (QED) is 0.716. The Bertz CT molecular complexity index is 949. The van der Waals surface area contributed by atoms with Crippen molar-refractivity contribution in [3.05, 3.63) is 83.4 Å². The smallest absolute Gasteiger partial charge is 0.271 e. The van der Waals surface area contributed by atoms with Crippen LogP contribution in [0.3, 0.4) is 0 Å². The summed E-state index contributed by atoms with van der Waals surface area (Å²) in [5.41, 5.74) is 3.00. The van der Waals surface area contributed by atoms with E-state index < -0.39 is 0 Å². The number of aromatic nitrogens is 2. The van der Waals surface area contributed by atoms with Gasteiger partial charge in [0, 0.05) is 31.6 Å². The minimum Gasteiger partial charge on any atom is -0.497 e. The van der Waals surface area contributed by atoms with Crippen LogP contribution < -0.4 is 10.1 Å². The van der Waals surface area contributed by atoms with E-state index in [2.05, 4.69) is 39.1 Å². The van der Waals surface area contributed by atoms with Crippen molar-refractivity contribution >= 4 is 5.91 Å². The van der Waals surface area contributed by atoms with Gasteiger partial charge in [0.2, 0.25) is 0 Å². The molecule has 0 unspecified atom stereocenters. The molecule has 0 saturated carbocycles. The third-order valence-electron chi connectivity index (χ3n) is 5.33. The van der Waals surface area contributed by atoms with E-state index in [9.17, 15) is 4.79 Å². The van der Waals surface area contributed by atoms with Gasteiger partial charge in [0.05, 0.1) is 7.11 Å². The van der Waals surface area contributed by atoms with Crippen molar-refractivity contribution in [1.82, 2.24) is 14.9 Å². The fourth-order valence-electron chi connectivity index (χ4n) is 3.78. The van der Waals surface area contributed by atoms with Crippen molar-refractivity contribution in [3.63, 3.8) is 0 Å². The Hall–Kier alpha value is -3.08. The molecule has 2 heterocycles. The number of carbonyl (C=O) groups excluding carboxylic acids is 1. The second kappa shape index (κ2) is 8.30. The first-order valence-electron chi connectivity index (χ1n) is 9.75. The Balaban J connectivity index is 1.38. The topological polar surface area (TPSA) is 56.1 Å². The number of benzene rings is 2. The third kappa shape index (κ3) is 4.09. The SMILES string of the molecule is COc1cccc([C@@H]2CCc3nc(C(=O)NCCc4ccccc4)cn3C2)c1. The number of methoxy groups -OCH3 is 1. The van der Waals surface area contributed by atoms with Gasteiger partial charge in [0.25, 0.3) is 5.91 Å². The molecule has 4 rings (SSSR count). The van der Waals surface area contributed by atoms with E-state index in [1.54, 1.807) is 7.11 Å². The third-order valence-corrected chi connectivity index (χ3v) is 5.33. The zero-order valence-corrected chi connectivity index (χ0v) is 16.1. The number of fused-ring (bicyclic) bond motifs is 1. The number of imidazole rings is 1. The molecule has 1 aliphatic heterocycles. The molecule has 0 spiro atoms. The number of nitrogens with zero attached hydrogens (tertiary/aromatic N) is 2. The number of hydrogen-bond donors (Lipinski definition) is 1. The normalized spacial score (nSPS) is 15.7. The van der Waals surface area contributed by atoms with Crippen LogP contribution in [-0.2, 0) is 19.4 Å². The van der Waals surface area contributed by atoms with Gasteiger partial charge >= 0.3 is 0 Å². The Kier molecular flexibility index (Phi) is 5.42. The fraction of sp³-hybridized carbons (Fsp3) is 0.304. The summed E-state index contributed by atoms with van der Waals surface area (Å²) in [6.07, 6.45) is 4.61. The predicted octanol–water partition coefficient (Wildman–Crippen LogP) is 3.59. The van der Waals surface area contributed by atoms with E-state index in [0.717, 1.165) is 37.4 Å². The molecule has 1 aliphatic rings. The summed E-state index contributed by atoms with van der Waals surface area (Å²) in [6, 6.07) is 18.4. The standard InChI is InChI=1S/C23H25N3O2/c1-28-20-9-5-8-18(14-20)19-10-11-22-25-21(16-26(22)15-19)23(27)24-13-12-17-6-3-2-4-7-17/h2-9,14,16,19H,10-13,15H2,1H3,(H,24,27)/t19-/m1/s1. The summed E-state index contributed by atoms with van der Waals surface area (Å²) in [7, 11) is 1.69. The second-order valence-corrected chi connectivity index (χ2v) is 7.20. The molecule has 2 aromatic carbocycles. The Labute approximate surface area is 165 Å². The number of nitrogens with one attached hydrogen (secondary N) is 1. The molecule has 3 aromatic rings. The Morgan fingerprint density at radius 1 is 1.21 bits per heavy atom. The highest BCUT2D eigenvalue weighted by Gasteiger charge is 2.23. The van der Waals surface area contributed by atoms with Crippen LogP contribution in [0.5, 0.6) is 5.75 Å². The molecule has 0 radical (unpaired) electrons. The Morgan fingerprint density at radius 2 is 2.07 bits per heavy atom. The van der Waals surface area contributed by atoms with Crippen LogP contribution in [0.1, 0.15) is 39.8 Å². The maximum Gasteiger partial charge on any atom is 0.271 e. The van der Waals surface area contributed by atoms with Gasteiger partial charge in [-0.15, -0.1) is 0 Å². The molecule has 28 heavy (non-hydrogen) atoms. The molecule has 1 atom stereocenters. The average molecular weight is 375 g/mol. The molecule has 5 heteroatoms. The number of aryl methyl sites for hydroxylation is 1. The van der Waals surface area contributed by atoms with E-state index in [-0.39, 0.29) is 5.91 Å². The van der Waals surface area contributed by atoms with E-state index in [4.69, 9.17) is 4.74 Å². The van der Waals surface area contributed by atoms with Crippen LogP contribution in [0.25, 0.3) is 0 Å². The van der Waals surface area contributed by atoms with Crippen molar-refractivity contribution in [3.8, 4) is 5.75 Å². The molecule has 5 nitrogen and oxygen atoms in total. The first-order valence-corrected chi connectivity index (χ1v) is 9.75. The minimum absolute atomic E-state index is 0.101. The predicted molar refractivity (Wildman–Crippen MR) is 109 cm³/mol. The lowest BCUT2D eigenvalue weighted by molar-refractivity contribution is 0.0949. The van der Waals surface area contributed by atoms with E-state index >= 15 is 0 Å². The van der Waals surface area contributed by atoms with Crippen LogP contribution in [0.15, 0.2) is 60.8 Å². The molecular formula is C23H25N3O2. The summed E-state index contributed by atoms with van der Waals surface area (Å²) < 4.78 is 7.47. The summed E-state index contributed by atoms with van der Waals surface area (Å²) in [5, 5.41) is 2.98. The molecular weight excluding hydrogens is 350 g/mol. The zero-order valence-electron chi connectivity index (χ0n) is 16.1. The number of amides is 1. The first kappa shape index (κ1) is 18.3. The van der Waals surface area contributed by atoms with Gasteiger partial charge in [-0.05, 0) is 36.1 Å². The van der Waals surface area contributed by atoms with Gasteiger partial charge in [-0.2, -0.15) is 0 Å². The van der Waals surface area contributed by atoms with Gasteiger partial charge in [-0.25, -0.2) is 4.98 Å². The van der Waals surface area contributed by atoms with Crippen LogP contribution in [0.4, 0.5) is 0 Å². The van der Waals surface area contributed by atoms with Gasteiger partial charge < -0.3 is 14.6 Å². The summed E-state index contributed by atoms with van der Waals surface area (Å²) in [6.45, 7) is 1.45. The highest BCUT2D eigenvalue weighted by atomic mass is 16.5. The number of hydrogen-bond acceptors (Lipinski definition) is 3. The number of ether oxygens (including phenoxy) is 1. The van der Waals surface area contributed by atoms with Crippen molar-refractivity contribution in [2.75, 3.05) is 13.7 Å². The summed E-state index contributed by atoms with van der Waals surface area (Å²) >= 11 is 0. The van der Waals surface area contributed by atoms with Crippen LogP contribution in [-0.4, -0.2) is 29.1 Å². The van der Waals surface area contributed by atoms with Crippen LogP contribution in [0, 0.1) is 0 Å². The van der Waals surface area contributed by atoms with Crippen molar-refractivity contribution in [1.29, 1.82) is 0 Å². The lowest BCUT2D eigenvalue weighted by atomic mass is 9.91. The molecule has 1 N–H and O–H groups in total. The van der Waals surface area contributed by atoms with Gasteiger partial charge in [-0.1, -0.05) is 42.5 Å². The molecule has 1 amide bonds. The lowest BCUT2D eigenvalue weighted by Gasteiger charge is -2.24. The summed E-state index contributed by atoms with van der Waals surface area (Å²) in [5.74, 6) is 2.18. The average Bonchev–Trinajstić information content (AvgIpc) is 3.18. The highest BCUT2D eigenvalue weighted by Crippen LogP contribution is 2.30. The molecule has 1 aromatic heterocycles. The van der Waals surface area contributed by atoms with Crippen LogP contribution in [0.2, 0.25) is 0 Å². The fourth-order valence-corrected chi connectivity index (χ4v) is 3.78. The number of rotatable bonds is 6. The highest BCUT2D eigenvalue weighted by molar-refractivity contribution is 5.92. The van der Waals surface area contributed by atoms with Crippen LogP contribution >= 0.6 is 0 Å². The first-order chi connectivity index (χ1) is 13.7. The van der Waals surface area contributed by atoms with E-state index in [1.807, 2.05) is 36.5 Å². The molecule has 0 aliphatic carbocycles. The lowest BCUT2D eigenvalue weighted by Crippen LogP contribution is -2.26. The minimum atomic E-state index is -0.101. The zero-order chi connectivity index (χ0) is 19.3. The molecule has 0 bridgehead atoms. The maximum absolute atomic E-state index is 12.5. The monoisotopic (exact) mass is 375 g/mol. The van der Waals surface area contributed by atoms with Crippen molar-refractivity contribution < 1.29 is 9.53 Å². The van der Waals surface area contributed by atoms with E-state index in [1.165, 1.54) is 11.1 Å². The van der Waals surface area contributed by atoms with Crippen molar-refractivity contribution in [2.45, 2.75) is 31.7 Å². The summed E-state index contributed by atoms with van der Waals surface area (Å²) in [4.78, 5) is 17.0. The Morgan fingerprint density at radius 3 is 2.89 bits per heavy atom. The second-order valence-electron chi connectivity index (χ2n) is 7.20. The van der Waals surface area contributed by atoms with Gasteiger partial charge in [0.15, 0.2) is 0 Å². The number of carbonyl (C=O) groups is 1. The largest absolute Gasteiger partial charge is 0.497 e. The van der Waals surface area contributed by atoms with Gasteiger partial charge in [-0.3, -0.25) is 4.79 Å². The molecule has 0 fully saturated rings. The molecule has 0 saturated heterocycles. The van der Waals surface area contributed by atoms with Gasteiger partial charge in [0.1, 0.15) is 17.3 Å². The van der Waals surface area contributed by atoms with Crippen molar-refractivity contribution in [2.24, 2.45) is 0 Å². The maximum atomic E-state index is 12.5.